The first-order chi connectivity index (χ1) is 19.2. The lowest BCUT2D eigenvalue weighted by atomic mass is 9.34. The van der Waals surface area contributed by atoms with E-state index in [2.05, 4.69) is 46.0 Å². The Bertz CT molecular complexity index is 1310. The molecule has 0 saturated heterocycles. The Morgan fingerprint density at radius 3 is 2.33 bits per heavy atom. The van der Waals surface area contributed by atoms with Crippen LogP contribution in [0, 0.1) is 61.6 Å². The standard InChI is InChI=1S/C33H45F3N2O4/c1-27(2)9-11-32(26(42)38-17-33(34,35)36)12-10-31(6)24(20(32)15-27)21(40)13-23-28(3)14-19(16-37)25(41)29(4,18-39)22(28)7-8-30(23,31)5/h13,20,22,24,39,41H,7-12,14-15,17-18H2,1-6H3,(H,38,42)/t20-,22?,24-,28-,29-,30+,31+,32-/m0/s1. The smallest absolute Gasteiger partial charge is 0.405 e. The fourth-order valence-corrected chi connectivity index (χ4v) is 10.7. The summed E-state index contributed by atoms with van der Waals surface area (Å²) in [6.45, 7) is 10.7. The number of aliphatic hydroxyl groups excluding tert-OH is 2. The number of ketones is 1. The number of amides is 1. The molecule has 0 aliphatic heterocycles. The molecule has 232 valence electrons. The van der Waals surface area contributed by atoms with Gasteiger partial charge in [-0.2, -0.15) is 18.4 Å². The average molecular weight is 591 g/mol. The van der Waals surface area contributed by atoms with Crippen molar-refractivity contribution in [3.05, 3.63) is 23.0 Å². The van der Waals surface area contributed by atoms with Crippen molar-refractivity contribution in [2.75, 3.05) is 13.2 Å². The molecule has 8 atom stereocenters. The van der Waals surface area contributed by atoms with Gasteiger partial charge >= 0.3 is 6.18 Å². The number of fused-ring (bicyclic) bond motifs is 7. The molecule has 3 fully saturated rings. The Labute approximate surface area is 246 Å². The zero-order valence-electron chi connectivity index (χ0n) is 25.7. The maximum Gasteiger partial charge on any atom is 0.405 e. The zero-order valence-corrected chi connectivity index (χ0v) is 25.7. The van der Waals surface area contributed by atoms with Gasteiger partial charge in [-0.25, -0.2) is 0 Å². The van der Waals surface area contributed by atoms with Gasteiger partial charge < -0.3 is 15.5 Å². The van der Waals surface area contributed by atoms with Crippen molar-refractivity contribution in [2.24, 2.45) is 50.2 Å². The molecule has 0 aromatic rings. The number of alkyl halides is 3. The lowest BCUT2D eigenvalue weighted by molar-refractivity contribution is -0.183. The van der Waals surface area contributed by atoms with Crippen molar-refractivity contribution >= 4 is 11.7 Å². The minimum Gasteiger partial charge on any atom is -0.511 e. The van der Waals surface area contributed by atoms with Crippen LogP contribution in [0.25, 0.3) is 0 Å². The molecular formula is C33H45F3N2O4. The van der Waals surface area contributed by atoms with Gasteiger partial charge in [0.1, 0.15) is 12.3 Å². The third kappa shape index (κ3) is 4.06. The number of carbonyl (C=O) groups is 2. The number of rotatable bonds is 3. The number of halogens is 3. The van der Waals surface area contributed by atoms with E-state index in [-0.39, 0.29) is 41.5 Å². The van der Waals surface area contributed by atoms with Crippen molar-refractivity contribution in [2.45, 2.75) is 99.1 Å². The summed E-state index contributed by atoms with van der Waals surface area (Å²) >= 11 is 0. The van der Waals surface area contributed by atoms with E-state index in [4.69, 9.17) is 0 Å². The number of hydrogen-bond acceptors (Lipinski definition) is 5. The normalized spacial score (nSPS) is 44.5. The second-order valence-corrected chi connectivity index (χ2v) is 15.8. The van der Waals surface area contributed by atoms with E-state index in [1.165, 1.54) is 0 Å². The van der Waals surface area contributed by atoms with Crippen molar-refractivity contribution in [1.82, 2.24) is 5.32 Å². The molecule has 1 amide bonds. The number of hydrogen-bond donors (Lipinski definition) is 3. The van der Waals surface area contributed by atoms with E-state index in [1.807, 2.05) is 0 Å². The quantitative estimate of drug-likeness (QED) is 0.345. The second kappa shape index (κ2) is 9.33. The van der Waals surface area contributed by atoms with E-state index in [0.29, 0.717) is 44.9 Å². The Balaban J connectivity index is 1.63. The summed E-state index contributed by atoms with van der Waals surface area (Å²) in [5.41, 5.74) is -2.74. The molecule has 0 aromatic heterocycles. The summed E-state index contributed by atoms with van der Waals surface area (Å²) in [5.74, 6) is -1.86. The van der Waals surface area contributed by atoms with Gasteiger partial charge in [0, 0.05) is 5.92 Å². The van der Waals surface area contributed by atoms with Gasteiger partial charge in [-0.05, 0) is 97.9 Å². The Kier molecular flexibility index (Phi) is 6.91. The van der Waals surface area contributed by atoms with Crippen LogP contribution in [0.3, 0.4) is 0 Å². The molecule has 5 aliphatic rings. The van der Waals surface area contributed by atoms with Gasteiger partial charge in [0.2, 0.25) is 5.91 Å². The highest BCUT2D eigenvalue weighted by molar-refractivity contribution is 5.96. The lowest BCUT2D eigenvalue weighted by Crippen LogP contribution is -2.67. The van der Waals surface area contributed by atoms with Crippen LogP contribution < -0.4 is 5.32 Å². The number of nitrogens with zero attached hydrogens (tertiary/aromatic N) is 1. The van der Waals surface area contributed by atoms with Gasteiger partial charge in [-0.15, -0.1) is 0 Å². The Morgan fingerprint density at radius 2 is 1.74 bits per heavy atom. The third-order valence-corrected chi connectivity index (χ3v) is 13.2. The van der Waals surface area contributed by atoms with Crippen LogP contribution in [0.2, 0.25) is 0 Å². The number of allylic oxidation sites excluding steroid dienone is 3. The summed E-state index contributed by atoms with van der Waals surface area (Å²) in [4.78, 5) is 28.2. The SMILES string of the molecule is CC1(C)CC[C@]2(C(=O)NCC(F)(F)F)CC[C@]3(C)[C@H](C(=O)C=C4[C@@]5(C)CC(C#N)=C(O)[C@@](C)(CO)C5CC[C@]43C)[C@@H]2C1. The number of nitriles is 1. The molecule has 9 heteroatoms. The van der Waals surface area contributed by atoms with Gasteiger partial charge in [-0.1, -0.05) is 40.2 Å². The van der Waals surface area contributed by atoms with Crippen LogP contribution in [-0.4, -0.2) is 41.2 Å². The molecule has 1 unspecified atom stereocenters. The first kappa shape index (κ1) is 31.1. The van der Waals surface area contributed by atoms with E-state index in [0.717, 1.165) is 5.57 Å². The first-order valence-electron chi connectivity index (χ1n) is 15.3. The van der Waals surface area contributed by atoms with Crippen LogP contribution in [0.15, 0.2) is 23.0 Å². The summed E-state index contributed by atoms with van der Waals surface area (Å²) in [7, 11) is 0. The molecule has 6 nitrogen and oxygen atoms in total. The molecule has 0 heterocycles. The van der Waals surface area contributed by atoms with Crippen molar-refractivity contribution in [3.63, 3.8) is 0 Å². The fourth-order valence-electron chi connectivity index (χ4n) is 10.7. The topological polar surface area (TPSA) is 110 Å². The van der Waals surface area contributed by atoms with E-state index >= 15 is 0 Å². The fraction of sp³-hybridized carbons (Fsp3) is 0.788. The van der Waals surface area contributed by atoms with Gasteiger partial charge in [0.05, 0.1) is 29.1 Å². The van der Waals surface area contributed by atoms with Gasteiger partial charge in [0.25, 0.3) is 0 Å². The predicted molar refractivity (Wildman–Crippen MR) is 151 cm³/mol. The number of nitrogens with one attached hydrogen (secondary N) is 1. The summed E-state index contributed by atoms with van der Waals surface area (Å²) in [5, 5.41) is 33.7. The van der Waals surface area contributed by atoms with E-state index in [1.54, 1.807) is 13.0 Å². The molecule has 0 bridgehead atoms. The van der Waals surface area contributed by atoms with Crippen LogP contribution in [0.5, 0.6) is 0 Å². The van der Waals surface area contributed by atoms with E-state index < -0.39 is 57.5 Å². The van der Waals surface area contributed by atoms with Crippen molar-refractivity contribution in [3.8, 4) is 6.07 Å². The van der Waals surface area contributed by atoms with Crippen LogP contribution in [0.1, 0.15) is 92.9 Å². The molecule has 5 aliphatic carbocycles. The summed E-state index contributed by atoms with van der Waals surface area (Å²) in [6.07, 6.45) is 1.53. The van der Waals surface area contributed by atoms with Crippen LogP contribution in [0.4, 0.5) is 13.2 Å². The zero-order chi connectivity index (χ0) is 31.3. The maximum atomic E-state index is 14.5. The molecule has 3 saturated carbocycles. The van der Waals surface area contributed by atoms with Crippen LogP contribution in [-0.2, 0) is 9.59 Å². The molecule has 0 aromatic carbocycles. The average Bonchev–Trinajstić information content (AvgIpc) is 2.90. The van der Waals surface area contributed by atoms with E-state index in [9.17, 15) is 38.2 Å². The highest BCUT2D eigenvalue weighted by Crippen LogP contribution is 2.75. The summed E-state index contributed by atoms with van der Waals surface area (Å²) in [6, 6.07) is 2.15. The molecule has 42 heavy (non-hydrogen) atoms. The highest BCUT2D eigenvalue weighted by atomic mass is 19.4. The third-order valence-electron chi connectivity index (χ3n) is 13.2. The molecule has 3 N–H and O–H groups in total. The largest absolute Gasteiger partial charge is 0.511 e. The maximum absolute atomic E-state index is 14.5. The highest BCUT2D eigenvalue weighted by Gasteiger charge is 2.71. The molecule has 0 radical (unpaired) electrons. The number of aliphatic hydroxyl groups is 2. The monoisotopic (exact) mass is 590 g/mol. The number of carbonyl (C=O) groups excluding carboxylic acids is 2. The Hall–Kier alpha value is -2.34. The van der Waals surface area contributed by atoms with Gasteiger partial charge in [0.15, 0.2) is 5.78 Å². The first-order valence-corrected chi connectivity index (χ1v) is 15.3. The van der Waals surface area contributed by atoms with Crippen LogP contribution >= 0.6 is 0 Å². The molecular weight excluding hydrogens is 545 g/mol. The minimum absolute atomic E-state index is 0.0674. The molecule has 5 rings (SSSR count). The van der Waals surface area contributed by atoms with Crippen molar-refractivity contribution in [1.29, 1.82) is 5.26 Å². The summed E-state index contributed by atoms with van der Waals surface area (Å²) < 4.78 is 39.5. The second-order valence-electron chi connectivity index (χ2n) is 15.8. The minimum atomic E-state index is -4.52. The Morgan fingerprint density at radius 1 is 1.10 bits per heavy atom. The van der Waals surface area contributed by atoms with Crippen molar-refractivity contribution < 1.29 is 33.0 Å². The molecule has 0 spiro atoms. The van der Waals surface area contributed by atoms with Gasteiger partial charge in [-0.3, -0.25) is 9.59 Å². The lowest BCUT2D eigenvalue weighted by Gasteiger charge is -2.69. The predicted octanol–water partition coefficient (Wildman–Crippen LogP) is 6.56.